The molecular formula is C14H5Br2F2NO2. The monoisotopic (exact) mass is 415 g/mol. The van der Waals surface area contributed by atoms with Crippen LogP contribution in [0.1, 0.15) is 20.7 Å². The highest BCUT2D eigenvalue weighted by atomic mass is 79.9. The van der Waals surface area contributed by atoms with E-state index in [0.717, 1.165) is 11.0 Å². The van der Waals surface area contributed by atoms with Gasteiger partial charge in [0.25, 0.3) is 11.8 Å². The van der Waals surface area contributed by atoms with Crippen molar-refractivity contribution in [3.8, 4) is 0 Å². The maximum Gasteiger partial charge on any atom is 0.266 e. The van der Waals surface area contributed by atoms with E-state index < -0.39 is 23.4 Å². The molecule has 0 bridgehead atoms. The van der Waals surface area contributed by atoms with Crippen molar-refractivity contribution in [1.29, 1.82) is 0 Å². The van der Waals surface area contributed by atoms with Gasteiger partial charge in [-0.25, -0.2) is 13.7 Å². The summed E-state index contributed by atoms with van der Waals surface area (Å²) in [7, 11) is 0. The zero-order valence-electron chi connectivity index (χ0n) is 10.2. The van der Waals surface area contributed by atoms with Crippen LogP contribution in [0.5, 0.6) is 0 Å². The van der Waals surface area contributed by atoms with Crippen LogP contribution in [0, 0.1) is 11.6 Å². The molecule has 1 aliphatic heterocycles. The quantitative estimate of drug-likeness (QED) is 0.395. The zero-order chi connectivity index (χ0) is 15.3. The van der Waals surface area contributed by atoms with Gasteiger partial charge < -0.3 is 0 Å². The average Bonchev–Trinajstić information content (AvgIpc) is 2.73. The first kappa shape index (κ1) is 14.3. The third-order valence-electron chi connectivity index (χ3n) is 3.12. The van der Waals surface area contributed by atoms with E-state index in [0.29, 0.717) is 0 Å². The van der Waals surface area contributed by atoms with Crippen molar-refractivity contribution in [2.75, 3.05) is 4.90 Å². The number of benzene rings is 2. The van der Waals surface area contributed by atoms with Crippen molar-refractivity contribution < 1.29 is 18.4 Å². The summed E-state index contributed by atoms with van der Waals surface area (Å²) in [5, 5.41) is 0. The van der Waals surface area contributed by atoms with Gasteiger partial charge in [-0.05, 0) is 44.0 Å². The Balaban J connectivity index is 2.21. The number of fused-ring (bicyclic) bond motifs is 1. The molecule has 0 aromatic heterocycles. The van der Waals surface area contributed by atoms with Gasteiger partial charge in [0.15, 0.2) is 5.82 Å². The molecule has 2 aromatic carbocycles. The van der Waals surface area contributed by atoms with Gasteiger partial charge in [0.2, 0.25) is 0 Å². The Labute approximate surface area is 134 Å². The van der Waals surface area contributed by atoms with Gasteiger partial charge in [0.1, 0.15) is 5.82 Å². The number of carbonyl (C=O) groups is 2. The average molecular weight is 417 g/mol. The molecule has 0 unspecified atom stereocenters. The maximum atomic E-state index is 13.9. The van der Waals surface area contributed by atoms with Gasteiger partial charge in [-0.2, -0.15) is 0 Å². The molecule has 2 aromatic rings. The van der Waals surface area contributed by atoms with Crippen molar-refractivity contribution in [2.45, 2.75) is 0 Å². The molecule has 7 heteroatoms. The predicted molar refractivity (Wildman–Crippen MR) is 79.3 cm³/mol. The molecule has 0 aliphatic carbocycles. The number of carbonyl (C=O) groups excluding carboxylic acids is 2. The Kier molecular flexibility index (Phi) is 3.41. The molecule has 0 fully saturated rings. The summed E-state index contributed by atoms with van der Waals surface area (Å²) in [6.45, 7) is 0. The second kappa shape index (κ2) is 4.99. The topological polar surface area (TPSA) is 37.4 Å². The molecule has 0 saturated carbocycles. The third kappa shape index (κ3) is 2.03. The number of rotatable bonds is 1. The van der Waals surface area contributed by atoms with E-state index in [-0.39, 0.29) is 25.8 Å². The Morgan fingerprint density at radius 3 is 1.95 bits per heavy atom. The minimum atomic E-state index is -0.915. The fourth-order valence-electron chi connectivity index (χ4n) is 2.13. The minimum absolute atomic E-state index is 0.162. The van der Waals surface area contributed by atoms with Crippen molar-refractivity contribution in [2.24, 2.45) is 0 Å². The molecule has 1 heterocycles. The lowest BCUT2D eigenvalue weighted by molar-refractivity contribution is 0.0926. The summed E-state index contributed by atoms with van der Waals surface area (Å²) in [4.78, 5) is 25.3. The van der Waals surface area contributed by atoms with E-state index in [1.165, 1.54) is 12.1 Å². The van der Waals surface area contributed by atoms with Crippen LogP contribution in [0.3, 0.4) is 0 Å². The van der Waals surface area contributed by atoms with Gasteiger partial charge in [-0.1, -0.05) is 12.1 Å². The SMILES string of the molecule is O=C1c2ccccc2C(=O)N1c1cc(F)c(Br)c(F)c1Br. The molecule has 21 heavy (non-hydrogen) atoms. The molecular weight excluding hydrogens is 412 g/mol. The first-order chi connectivity index (χ1) is 9.93. The molecule has 3 rings (SSSR count). The molecule has 0 atom stereocenters. The molecule has 106 valence electrons. The molecule has 2 amide bonds. The lowest BCUT2D eigenvalue weighted by Gasteiger charge is -2.17. The van der Waals surface area contributed by atoms with Crippen LogP contribution in [0.25, 0.3) is 0 Å². The van der Waals surface area contributed by atoms with E-state index in [9.17, 15) is 18.4 Å². The fraction of sp³-hybridized carbons (Fsp3) is 0. The number of anilines is 1. The smallest absolute Gasteiger partial charge is 0.266 e. The second-order valence-corrected chi connectivity index (χ2v) is 5.90. The van der Waals surface area contributed by atoms with Crippen molar-refractivity contribution in [1.82, 2.24) is 0 Å². The number of halogens is 4. The number of nitrogens with zero attached hydrogens (tertiary/aromatic N) is 1. The van der Waals surface area contributed by atoms with Gasteiger partial charge in [-0.3, -0.25) is 9.59 Å². The van der Waals surface area contributed by atoms with Gasteiger partial charge >= 0.3 is 0 Å². The van der Waals surface area contributed by atoms with Gasteiger partial charge in [0, 0.05) is 6.07 Å². The largest absolute Gasteiger partial charge is 0.268 e. The van der Waals surface area contributed by atoms with Crippen molar-refractivity contribution in [3.05, 3.63) is 62.0 Å². The normalized spacial score (nSPS) is 13.8. The lowest BCUT2D eigenvalue weighted by atomic mass is 10.1. The van der Waals surface area contributed by atoms with E-state index in [2.05, 4.69) is 31.9 Å². The highest BCUT2D eigenvalue weighted by Crippen LogP contribution is 2.38. The van der Waals surface area contributed by atoms with Crippen LogP contribution >= 0.6 is 31.9 Å². The summed E-state index contributed by atoms with van der Waals surface area (Å²) >= 11 is 5.72. The van der Waals surface area contributed by atoms with Crippen LogP contribution in [0.15, 0.2) is 39.3 Å². The van der Waals surface area contributed by atoms with Gasteiger partial charge in [-0.15, -0.1) is 0 Å². The number of hydrogen-bond donors (Lipinski definition) is 0. The lowest BCUT2D eigenvalue weighted by Crippen LogP contribution is -2.30. The zero-order valence-corrected chi connectivity index (χ0v) is 13.3. The summed E-state index contributed by atoms with van der Waals surface area (Å²) in [6.07, 6.45) is 0. The molecule has 0 radical (unpaired) electrons. The number of amides is 2. The van der Waals surface area contributed by atoms with E-state index in [4.69, 9.17) is 0 Å². The molecule has 1 aliphatic rings. The molecule has 3 nitrogen and oxygen atoms in total. The maximum absolute atomic E-state index is 13.9. The first-order valence-electron chi connectivity index (χ1n) is 5.74. The van der Waals surface area contributed by atoms with Crippen LogP contribution in [-0.4, -0.2) is 11.8 Å². The molecule has 0 saturated heterocycles. The third-order valence-corrected chi connectivity index (χ3v) is 4.60. The number of imide groups is 1. The predicted octanol–water partition coefficient (Wildman–Crippen LogP) is 4.29. The summed E-state index contributed by atoms with van der Waals surface area (Å²) in [5.74, 6) is -3.04. The Morgan fingerprint density at radius 2 is 1.43 bits per heavy atom. The Bertz CT molecular complexity index is 773. The minimum Gasteiger partial charge on any atom is -0.268 e. The second-order valence-electron chi connectivity index (χ2n) is 4.31. The van der Waals surface area contributed by atoms with Crippen LogP contribution < -0.4 is 4.90 Å². The van der Waals surface area contributed by atoms with E-state index in [1.807, 2.05) is 0 Å². The van der Waals surface area contributed by atoms with Crippen molar-refractivity contribution >= 4 is 49.4 Å². The highest BCUT2D eigenvalue weighted by Gasteiger charge is 2.38. The first-order valence-corrected chi connectivity index (χ1v) is 7.33. The Morgan fingerprint density at radius 1 is 0.905 bits per heavy atom. The van der Waals surface area contributed by atoms with Crippen LogP contribution in [0.2, 0.25) is 0 Å². The molecule has 0 N–H and O–H groups in total. The summed E-state index contributed by atoms with van der Waals surface area (Å²) in [5.41, 5.74) is 0.246. The number of hydrogen-bond acceptors (Lipinski definition) is 2. The van der Waals surface area contributed by atoms with E-state index in [1.54, 1.807) is 12.1 Å². The Hall–Kier alpha value is -1.60. The van der Waals surface area contributed by atoms with Crippen LogP contribution in [0.4, 0.5) is 14.5 Å². The van der Waals surface area contributed by atoms with Gasteiger partial charge in [0.05, 0.1) is 25.8 Å². The standard InChI is InChI=1S/C14H5Br2F2NO2/c15-10-8(17)5-9(11(16)12(10)18)19-13(20)6-3-1-2-4-7(6)14(19)21/h1-5H. The van der Waals surface area contributed by atoms with Crippen molar-refractivity contribution in [3.63, 3.8) is 0 Å². The highest BCUT2D eigenvalue weighted by molar-refractivity contribution is 9.11. The summed E-state index contributed by atoms with van der Waals surface area (Å²) < 4.78 is 27.1. The molecule has 0 spiro atoms. The fourth-order valence-corrected chi connectivity index (χ4v) is 3.20. The summed E-state index contributed by atoms with van der Waals surface area (Å²) in [6, 6.07) is 7.15. The van der Waals surface area contributed by atoms with E-state index >= 15 is 0 Å². The van der Waals surface area contributed by atoms with Crippen LogP contribution in [-0.2, 0) is 0 Å².